The number of hydrogen-bond acceptors (Lipinski definition) is 2. The molecule has 98 valence electrons. The van der Waals surface area contributed by atoms with Gasteiger partial charge in [0.2, 0.25) is 0 Å². The van der Waals surface area contributed by atoms with Gasteiger partial charge < -0.3 is 5.32 Å². The van der Waals surface area contributed by atoms with E-state index < -0.39 is 0 Å². The molecule has 2 aromatic rings. The van der Waals surface area contributed by atoms with Crippen molar-refractivity contribution in [3.8, 4) is 0 Å². The highest BCUT2D eigenvalue weighted by Gasteiger charge is 2.53. The predicted octanol–water partition coefficient (Wildman–Crippen LogP) is 3.51. The van der Waals surface area contributed by atoms with Crippen molar-refractivity contribution in [2.75, 3.05) is 6.54 Å². The normalized spacial score (nSPS) is 20.6. The quantitative estimate of drug-likeness (QED) is 0.880. The molecule has 2 fully saturated rings. The third kappa shape index (κ3) is 2.14. The summed E-state index contributed by atoms with van der Waals surface area (Å²) in [5, 5.41) is 6.25. The molecule has 0 unspecified atom stereocenters. The van der Waals surface area contributed by atoms with Gasteiger partial charge in [-0.2, -0.15) is 0 Å². The van der Waals surface area contributed by atoms with Crippen molar-refractivity contribution in [3.05, 3.63) is 42.2 Å². The molecule has 1 heterocycles. The standard InChI is InChI=1S/C17H20N2/c1-2-4-16-13(3-1)9-18-10-14(16)11-19-12-17(7-8-17)15-5-6-15/h1-4,9-10,15,19H,5-8,11-12H2. The van der Waals surface area contributed by atoms with Gasteiger partial charge in [0.25, 0.3) is 0 Å². The van der Waals surface area contributed by atoms with Gasteiger partial charge in [-0.3, -0.25) is 4.98 Å². The van der Waals surface area contributed by atoms with E-state index >= 15 is 0 Å². The molecule has 0 atom stereocenters. The van der Waals surface area contributed by atoms with Crippen LogP contribution in [0.15, 0.2) is 36.7 Å². The van der Waals surface area contributed by atoms with Gasteiger partial charge >= 0.3 is 0 Å². The second-order valence-electron chi connectivity index (χ2n) is 6.26. The van der Waals surface area contributed by atoms with Crippen molar-refractivity contribution < 1.29 is 0 Å². The Morgan fingerprint density at radius 3 is 2.79 bits per heavy atom. The molecule has 2 heteroatoms. The van der Waals surface area contributed by atoms with Crippen LogP contribution in [0.4, 0.5) is 0 Å². The van der Waals surface area contributed by atoms with Crippen LogP contribution in [0.25, 0.3) is 10.8 Å². The van der Waals surface area contributed by atoms with Crippen LogP contribution < -0.4 is 5.32 Å². The predicted molar refractivity (Wildman–Crippen MR) is 77.8 cm³/mol. The van der Waals surface area contributed by atoms with Crippen LogP contribution >= 0.6 is 0 Å². The van der Waals surface area contributed by atoms with Crippen molar-refractivity contribution in [2.45, 2.75) is 32.2 Å². The monoisotopic (exact) mass is 252 g/mol. The Morgan fingerprint density at radius 2 is 2.00 bits per heavy atom. The van der Waals surface area contributed by atoms with Gasteiger partial charge in [0, 0.05) is 30.9 Å². The Labute approximate surface area is 114 Å². The highest BCUT2D eigenvalue weighted by Crippen LogP contribution is 2.60. The van der Waals surface area contributed by atoms with Gasteiger partial charge in [0.1, 0.15) is 0 Å². The maximum Gasteiger partial charge on any atom is 0.0346 e. The molecule has 0 spiro atoms. The lowest BCUT2D eigenvalue weighted by Gasteiger charge is -2.15. The number of nitrogens with zero attached hydrogens (tertiary/aromatic N) is 1. The molecule has 0 aliphatic heterocycles. The van der Waals surface area contributed by atoms with E-state index in [0.29, 0.717) is 5.41 Å². The van der Waals surface area contributed by atoms with E-state index in [9.17, 15) is 0 Å². The van der Waals surface area contributed by atoms with Gasteiger partial charge in [-0.1, -0.05) is 24.3 Å². The summed E-state index contributed by atoms with van der Waals surface area (Å²) < 4.78 is 0. The summed E-state index contributed by atoms with van der Waals surface area (Å²) in [4.78, 5) is 4.35. The van der Waals surface area contributed by atoms with E-state index in [1.54, 1.807) is 0 Å². The van der Waals surface area contributed by atoms with Crippen molar-refractivity contribution in [1.29, 1.82) is 0 Å². The topological polar surface area (TPSA) is 24.9 Å². The van der Waals surface area contributed by atoms with Crippen LogP contribution in [-0.4, -0.2) is 11.5 Å². The number of benzene rings is 1. The average Bonchev–Trinajstić information content (AvgIpc) is 3.32. The van der Waals surface area contributed by atoms with Crippen LogP contribution in [0.2, 0.25) is 0 Å². The summed E-state index contributed by atoms with van der Waals surface area (Å²) in [5.41, 5.74) is 2.00. The van der Waals surface area contributed by atoms with Gasteiger partial charge in [-0.25, -0.2) is 0 Å². The van der Waals surface area contributed by atoms with E-state index in [4.69, 9.17) is 0 Å². The minimum Gasteiger partial charge on any atom is -0.312 e. The minimum absolute atomic E-state index is 0.679. The molecule has 0 radical (unpaired) electrons. The van der Waals surface area contributed by atoms with E-state index in [0.717, 1.165) is 12.5 Å². The molecule has 2 aliphatic rings. The zero-order valence-electron chi connectivity index (χ0n) is 11.2. The Hall–Kier alpha value is -1.41. The summed E-state index contributed by atoms with van der Waals surface area (Å²) in [6, 6.07) is 8.52. The minimum atomic E-state index is 0.679. The SMILES string of the molecule is c1ccc2c(CNCC3(C4CC4)CC3)cncc2c1. The molecule has 4 rings (SSSR count). The fourth-order valence-electron chi connectivity index (χ4n) is 3.35. The third-order valence-corrected chi connectivity index (χ3v) is 4.88. The fourth-order valence-corrected chi connectivity index (χ4v) is 3.35. The molecule has 1 N–H and O–H groups in total. The first-order valence-corrected chi connectivity index (χ1v) is 7.40. The van der Waals surface area contributed by atoms with Crippen LogP contribution in [0.5, 0.6) is 0 Å². The summed E-state index contributed by atoms with van der Waals surface area (Å²) in [6.45, 7) is 2.14. The molecule has 1 aromatic carbocycles. The van der Waals surface area contributed by atoms with Crippen molar-refractivity contribution >= 4 is 10.8 Å². The fraction of sp³-hybridized carbons (Fsp3) is 0.471. The lowest BCUT2D eigenvalue weighted by Crippen LogP contribution is -2.25. The average molecular weight is 252 g/mol. The summed E-state index contributed by atoms with van der Waals surface area (Å²) in [7, 11) is 0. The van der Waals surface area contributed by atoms with Crippen molar-refractivity contribution in [2.24, 2.45) is 11.3 Å². The first-order valence-electron chi connectivity index (χ1n) is 7.40. The van der Waals surface area contributed by atoms with Gasteiger partial charge in [-0.15, -0.1) is 0 Å². The first kappa shape index (κ1) is 11.4. The zero-order valence-corrected chi connectivity index (χ0v) is 11.2. The van der Waals surface area contributed by atoms with Crippen molar-refractivity contribution in [3.63, 3.8) is 0 Å². The Balaban J connectivity index is 1.46. The molecule has 19 heavy (non-hydrogen) atoms. The number of pyridine rings is 1. The second-order valence-corrected chi connectivity index (χ2v) is 6.26. The highest BCUT2D eigenvalue weighted by atomic mass is 14.9. The largest absolute Gasteiger partial charge is 0.312 e. The van der Waals surface area contributed by atoms with E-state index in [1.807, 2.05) is 12.4 Å². The van der Waals surface area contributed by atoms with Crippen molar-refractivity contribution in [1.82, 2.24) is 10.3 Å². The van der Waals surface area contributed by atoms with Gasteiger partial charge in [0.15, 0.2) is 0 Å². The molecule has 1 aromatic heterocycles. The zero-order chi connectivity index (χ0) is 12.7. The van der Waals surface area contributed by atoms with Gasteiger partial charge in [-0.05, 0) is 48.0 Å². The van der Waals surface area contributed by atoms with Crippen LogP contribution in [0, 0.1) is 11.3 Å². The van der Waals surface area contributed by atoms with Crippen LogP contribution in [-0.2, 0) is 6.54 Å². The number of nitrogens with one attached hydrogen (secondary N) is 1. The lowest BCUT2D eigenvalue weighted by atomic mass is 10.0. The Morgan fingerprint density at radius 1 is 1.16 bits per heavy atom. The van der Waals surface area contributed by atoms with Gasteiger partial charge in [0.05, 0.1) is 0 Å². The maximum absolute atomic E-state index is 4.35. The molecule has 2 aliphatic carbocycles. The Kier molecular flexibility index (Phi) is 2.59. The van der Waals surface area contributed by atoms with E-state index in [-0.39, 0.29) is 0 Å². The highest BCUT2D eigenvalue weighted by molar-refractivity contribution is 5.84. The summed E-state index contributed by atoms with van der Waals surface area (Å²) in [5.74, 6) is 1.03. The summed E-state index contributed by atoms with van der Waals surface area (Å²) >= 11 is 0. The van der Waals surface area contributed by atoms with Crippen LogP contribution in [0.1, 0.15) is 31.2 Å². The second kappa shape index (κ2) is 4.31. The van der Waals surface area contributed by atoms with Crippen LogP contribution in [0.3, 0.4) is 0 Å². The molecular weight excluding hydrogens is 232 g/mol. The Bertz CT molecular complexity index is 592. The number of rotatable bonds is 5. The molecule has 2 saturated carbocycles. The molecule has 0 bridgehead atoms. The smallest absolute Gasteiger partial charge is 0.0346 e. The molecule has 0 amide bonds. The maximum atomic E-state index is 4.35. The molecular formula is C17H20N2. The third-order valence-electron chi connectivity index (χ3n) is 4.88. The number of fused-ring (bicyclic) bond motifs is 1. The number of aromatic nitrogens is 1. The number of hydrogen-bond donors (Lipinski definition) is 1. The molecule has 0 saturated heterocycles. The lowest BCUT2D eigenvalue weighted by molar-refractivity contribution is 0.404. The molecule has 2 nitrogen and oxygen atoms in total. The summed E-state index contributed by atoms with van der Waals surface area (Å²) in [6.07, 6.45) is 9.78. The van der Waals surface area contributed by atoms with E-state index in [2.05, 4.69) is 34.6 Å². The first-order chi connectivity index (χ1) is 9.37. The van der Waals surface area contributed by atoms with E-state index in [1.165, 1.54) is 48.6 Å².